The van der Waals surface area contributed by atoms with Crippen LogP contribution < -0.4 is 0 Å². The van der Waals surface area contributed by atoms with E-state index in [1.54, 1.807) is 0 Å². The largest absolute Gasteiger partial charge is 0.457 e. The van der Waals surface area contributed by atoms with Gasteiger partial charge in [0.05, 0.1) is 19.8 Å². The van der Waals surface area contributed by atoms with Crippen molar-refractivity contribution >= 4 is 16.4 Å². The molecule has 0 saturated carbocycles. The number of unbranched alkanes of at least 4 members (excludes halogenated alkanes) is 20. The molecule has 0 aromatic carbocycles. The third-order valence-electron chi connectivity index (χ3n) is 10.3. The summed E-state index contributed by atoms with van der Waals surface area (Å²) >= 11 is 0. The number of carbonyl (C=O) groups is 1. The second-order valence-electron chi connectivity index (χ2n) is 15.6. The van der Waals surface area contributed by atoms with Crippen molar-refractivity contribution < 1.29 is 56.2 Å². The van der Waals surface area contributed by atoms with E-state index < -0.39 is 59.8 Å². The number of ether oxygens (including phenoxy) is 4. The Bertz CT molecular complexity index is 1160. The summed E-state index contributed by atoms with van der Waals surface area (Å²) < 4.78 is 58.7. The minimum atomic E-state index is -5.05. The Morgan fingerprint density at radius 1 is 0.655 bits per heavy atom. The first-order chi connectivity index (χ1) is 28.1. The van der Waals surface area contributed by atoms with Crippen LogP contribution in [0, 0.1) is 0 Å². The molecule has 1 saturated heterocycles. The summed E-state index contributed by atoms with van der Waals surface area (Å²) in [5.41, 5.74) is 0. The minimum Gasteiger partial charge on any atom is -0.457 e. The predicted molar refractivity (Wildman–Crippen MR) is 230 cm³/mol. The topological polar surface area (TPSA) is 178 Å². The molecule has 0 bridgehead atoms. The zero-order valence-electron chi connectivity index (χ0n) is 36.1. The first-order valence-corrected chi connectivity index (χ1v) is 24.1. The Balaban J connectivity index is 2.27. The Labute approximate surface area is 352 Å². The van der Waals surface area contributed by atoms with Crippen LogP contribution in [0.2, 0.25) is 0 Å². The highest BCUT2D eigenvalue weighted by atomic mass is 32.3. The lowest BCUT2D eigenvalue weighted by Gasteiger charge is -2.41. The third kappa shape index (κ3) is 30.4. The van der Waals surface area contributed by atoms with Gasteiger partial charge in [-0.1, -0.05) is 159 Å². The Morgan fingerprint density at radius 3 is 1.66 bits per heavy atom. The van der Waals surface area contributed by atoms with Crippen molar-refractivity contribution in [1.29, 1.82) is 0 Å². The summed E-state index contributed by atoms with van der Waals surface area (Å²) in [6, 6.07) is 0. The van der Waals surface area contributed by atoms with Crippen molar-refractivity contribution in [1.82, 2.24) is 0 Å². The van der Waals surface area contributed by atoms with E-state index in [1.165, 1.54) is 96.3 Å². The van der Waals surface area contributed by atoms with Crippen molar-refractivity contribution in [3.63, 3.8) is 0 Å². The molecule has 1 aliphatic heterocycles. The lowest BCUT2D eigenvalue weighted by molar-refractivity contribution is -0.301. The van der Waals surface area contributed by atoms with E-state index >= 15 is 0 Å². The molecule has 0 spiro atoms. The van der Waals surface area contributed by atoms with Gasteiger partial charge in [0.15, 0.2) is 6.29 Å². The number of allylic oxidation sites excluding steroid dienone is 6. The highest BCUT2D eigenvalue weighted by molar-refractivity contribution is 7.80. The van der Waals surface area contributed by atoms with Gasteiger partial charge in [0.1, 0.15) is 30.5 Å². The van der Waals surface area contributed by atoms with E-state index in [4.69, 9.17) is 23.5 Å². The molecule has 0 aromatic heterocycles. The van der Waals surface area contributed by atoms with E-state index in [0.717, 1.165) is 57.8 Å². The Morgan fingerprint density at radius 2 is 1.14 bits per heavy atom. The number of hydrogen-bond acceptors (Lipinski definition) is 11. The van der Waals surface area contributed by atoms with Gasteiger partial charge in [-0.2, -0.15) is 8.42 Å². The van der Waals surface area contributed by atoms with Crippen LogP contribution in [0.3, 0.4) is 0 Å². The second kappa shape index (κ2) is 37.1. The van der Waals surface area contributed by atoms with Crippen molar-refractivity contribution in [2.45, 2.75) is 218 Å². The molecule has 0 amide bonds. The van der Waals surface area contributed by atoms with Crippen LogP contribution in [-0.2, 0) is 38.3 Å². The molecule has 1 heterocycles. The number of aliphatic hydroxyl groups is 3. The highest BCUT2D eigenvalue weighted by Crippen LogP contribution is 2.26. The molecule has 13 heteroatoms. The standard InChI is InChI=1S/C45H82O12S/c1-3-5-7-9-11-12-13-14-15-16-17-18-19-20-21-22-23-24-25-26-27-28-29-30-32-34-41(47)55-39(37-53-35-33-31-10-8-6-4-2)38-54-45-43(49)44(57-58(50,51)52)42(48)40(36-46)56-45/h13-14,16-17,19-20,39-40,42-46,48-49H,3-12,15,18,21-38H2,1-2H3,(H,50,51,52)/b14-13-,17-16-,20-19-. The molecule has 0 aromatic rings. The number of esters is 1. The molecule has 1 fully saturated rings. The zero-order valence-corrected chi connectivity index (χ0v) is 36.9. The molecule has 1 aliphatic rings. The van der Waals surface area contributed by atoms with E-state index in [9.17, 15) is 28.5 Å². The first-order valence-electron chi connectivity index (χ1n) is 22.7. The summed E-state index contributed by atoms with van der Waals surface area (Å²) in [6.07, 6.45) is 33.6. The maximum absolute atomic E-state index is 12.8. The van der Waals surface area contributed by atoms with Gasteiger partial charge in [-0.15, -0.1) is 0 Å². The fraction of sp³-hybridized carbons (Fsp3) is 0.844. The molecular formula is C45H82O12S. The van der Waals surface area contributed by atoms with Crippen LogP contribution in [0.15, 0.2) is 36.5 Å². The smallest absolute Gasteiger partial charge is 0.397 e. The van der Waals surface area contributed by atoms with Crippen LogP contribution in [0.25, 0.3) is 0 Å². The number of rotatable bonds is 39. The second-order valence-corrected chi connectivity index (χ2v) is 16.7. The molecule has 58 heavy (non-hydrogen) atoms. The predicted octanol–water partition coefficient (Wildman–Crippen LogP) is 9.41. The van der Waals surface area contributed by atoms with Crippen LogP contribution in [0.5, 0.6) is 0 Å². The first kappa shape index (κ1) is 54.3. The molecular weight excluding hydrogens is 765 g/mol. The Hall–Kier alpha value is -1.68. The SMILES string of the molecule is CCCCCCC/C=C\C/C=C\C/C=C\CCCCCCCCCCCCC(=O)OC(COCCCCCCCC)COC1OC(CO)C(O)C(OS(=O)(=O)O)C1O. The summed E-state index contributed by atoms with van der Waals surface area (Å²) in [6.45, 7) is 3.91. The lowest BCUT2D eigenvalue weighted by atomic mass is 9.99. The van der Waals surface area contributed by atoms with E-state index in [-0.39, 0.29) is 19.6 Å². The highest BCUT2D eigenvalue weighted by Gasteiger charge is 2.48. The maximum Gasteiger partial charge on any atom is 0.397 e. The summed E-state index contributed by atoms with van der Waals surface area (Å²) in [7, 11) is -5.05. The molecule has 6 atom stereocenters. The average Bonchev–Trinajstić information content (AvgIpc) is 3.19. The van der Waals surface area contributed by atoms with Gasteiger partial charge in [-0.05, 0) is 51.4 Å². The van der Waals surface area contributed by atoms with Crippen molar-refractivity contribution in [2.75, 3.05) is 26.4 Å². The van der Waals surface area contributed by atoms with Crippen molar-refractivity contribution in [3.8, 4) is 0 Å². The third-order valence-corrected chi connectivity index (χ3v) is 10.7. The quantitative estimate of drug-likeness (QED) is 0.0200. The molecule has 0 aliphatic carbocycles. The normalized spacial score (nSPS) is 20.8. The van der Waals surface area contributed by atoms with Crippen LogP contribution in [0.1, 0.15) is 181 Å². The van der Waals surface area contributed by atoms with Gasteiger partial charge in [-0.3, -0.25) is 9.35 Å². The van der Waals surface area contributed by atoms with Crippen molar-refractivity contribution in [3.05, 3.63) is 36.5 Å². The van der Waals surface area contributed by atoms with Crippen molar-refractivity contribution in [2.24, 2.45) is 0 Å². The monoisotopic (exact) mass is 847 g/mol. The lowest BCUT2D eigenvalue weighted by Crippen LogP contribution is -2.60. The Kier molecular flexibility index (Phi) is 34.8. The zero-order chi connectivity index (χ0) is 42.5. The number of aliphatic hydroxyl groups excluding tert-OH is 3. The summed E-state index contributed by atoms with van der Waals surface area (Å²) in [4.78, 5) is 12.8. The van der Waals surface area contributed by atoms with Gasteiger partial charge in [0.25, 0.3) is 0 Å². The minimum absolute atomic E-state index is 0.0342. The number of hydrogen-bond donors (Lipinski definition) is 4. The van der Waals surface area contributed by atoms with Gasteiger partial charge < -0.3 is 34.3 Å². The molecule has 0 radical (unpaired) electrons. The fourth-order valence-electron chi connectivity index (χ4n) is 6.80. The average molecular weight is 847 g/mol. The molecule has 6 unspecified atom stereocenters. The van der Waals surface area contributed by atoms with Gasteiger partial charge in [0.2, 0.25) is 0 Å². The van der Waals surface area contributed by atoms with Gasteiger partial charge in [-0.25, -0.2) is 4.18 Å². The van der Waals surface area contributed by atoms with Gasteiger partial charge >= 0.3 is 16.4 Å². The van der Waals surface area contributed by atoms with Crippen LogP contribution in [-0.4, -0.2) is 97.5 Å². The molecule has 4 N–H and O–H groups in total. The van der Waals surface area contributed by atoms with Crippen LogP contribution in [0.4, 0.5) is 0 Å². The molecule has 12 nitrogen and oxygen atoms in total. The van der Waals surface area contributed by atoms with Gasteiger partial charge in [0, 0.05) is 13.0 Å². The molecule has 340 valence electrons. The van der Waals surface area contributed by atoms with Crippen LogP contribution >= 0.6 is 0 Å². The van der Waals surface area contributed by atoms with E-state index in [0.29, 0.717) is 13.0 Å². The fourth-order valence-corrected chi connectivity index (χ4v) is 7.30. The maximum atomic E-state index is 12.8. The molecule has 1 rings (SSSR count). The van der Waals surface area contributed by atoms with E-state index in [2.05, 4.69) is 54.5 Å². The summed E-state index contributed by atoms with van der Waals surface area (Å²) in [5.74, 6) is -0.407. The number of carbonyl (C=O) groups excluding carboxylic acids is 1. The van der Waals surface area contributed by atoms with E-state index in [1.807, 2.05) is 0 Å². The summed E-state index contributed by atoms with van der Waals surface area (Å²) in [5, 5.41) is 30.5.